The lowest BCUT2D eigenvalue weighted by atomic mass is 10.3. The summed E-state index contributed by atoms with van der Waals surface area (Å²) in [6.07, 6.45) is 0.266. The van der Waals surface area contributed by atoms with Gasteiger partial charge in [0.25, 0.3) is 0 Å². The highest BCUT2D eigenvalue weighted by atomic mass is 35.5. The number of hydrogen-bond donors (Lipinski definition) is 7. The summed E-state index contributed by atoms with van der Waals surface area (Å²) in [5.74, 6) is -0.120. The van der Waals surface area contributed by atoms with Crippen LogP contribution in [0, 0.1) is 10.8 Å². The molecule has 0 amide bonds. The lowest BCUT2D eigenvalue weighted by Crippen LogP contribution is -2.43. The first kappa shape index (κ1) is 19.8. The Morgan fingerprint density at radius 1 is 1.38 bits per heavy atom. The number of halogens is 1. The minimum Gasteiger partial charge on any atom is -0.450 e. The van der Waals surface area contributed by atoms with E-state index in [-0.39, 0.29) is 24.3 Å². The molecule has 0 bridgehead atoms. The Morgan fingerprint density at radius 3 is 2.12 bits per heavy atom. The molecule has 0 aromatic heterocycles. The zero-order valence-electron chi connectivity index (χ0n) is 8.91. The predicted octanol–water partition coefficient (Wildman–Crippen LogP) is 0.438. The number of nitrogens with one attached hydrogen (secondary N) is 4. The Hall–Kier alpha value is -1.70. The van der Waals surface area contributed by atoms with Crippen LogP contribution in [0.15, 0.2) is 0 Å². The maximum atomic E-state index is 8.56. The number of nitrogens with two attached hydrogens (primary N) is 1. The highest BCUT2D eigenvalue weighted by molar-refractivity contribution is 5.94. The van der Waals surface area contributed by atoms with Crippen LogP contribution in [0.4, 0.5) is 4.79 Å². The maximum absolute atomic E-state index is 8.56. The van der Waals surface area contributed by atoms with Crippen LogP contribution < -0.4 is 16.4 Å². The monoisotopic (exact) mass is 255 g/mol. The summed E-state index contributed by atoms with van der Waals surface area (Å²) in [7, 11) is 0. The second kappa shape index (κ2) is 13.3. The SMILES string of the molecule is CCCCNC(=N)NC(=N)N.Cl.O=C(O)O. The van der Waals surface area contributed by atoms with Gasteiger partial charge in [-0.1, -0.05) is 13.3 Å². The smallest absolute Gasteiger partial charge is 0.450 e. The van der Waals surface area contributed by atoms with Crippen LogP contribution in [0.25, 0.3) is 0 Å². The van der Waals surface area contributed by atoms with Gasteiger partial charge in [0.15, 0.2) is 11.9 Å². The Balaban J connectivity index is -0.000000292. The van der Waals surface area contributed by atoms with Crippen LogP contribution in [-0.4, -0.2) is 34.8 Å². The number of carbonyl (C=O) groups is 1. The fraction of sp³-hybridized carbons (Fsp3) is 0.571. The topological polar surface area (TPSA) is 155 Å². The molecule has 16 heavy (non-hydrogen) atoms. The minimum absolute atomic E-state index is 0. The van der Waals surface area contributed by atoms with Crippen molar-refractivity contribution in [3.8, 4) is 0 Å². The van der Waals surface area contributed by atoms with Crippen molar-refractivity contribution in [1.29, 1.82) is 10.8 Å². The number of unbranched alkanes of at least 4 members (excludes halogenated alkanes) is 1. The molecule has 8 nitrogen and oxygen atoms in total. The summed E-state index contributed by atoms with van der Waals surface area (Å²) in [6, 6.07) is 0. The van der Waals surface area contributed by atoms with Crippen molar-refractivity contribution >= 4 is 30.5 Å². The van der Waals surface area contributed by atoms with Gasteiger partial charge in [0.2, 0.25) is 0 Å². The van der Waals surface area contributed by atoms with Gasteiger partial charge in [-0.2, -0.15) is 0 Å². The number of rotatable bonds is 3. The Bertz CT molecular complexity index is 220. The van der Waals surface area contributed by atoms with Crippen LogP contribution in [0.2, 0.25) is 0 Å². The molecule has 0 spiro atoms. The molecule has 96 valence electrons. The van der Waals surface area contributed by atoms with E-state index >= 15 is 0 Å². The van der Waals surface area contributed by atoms with Gasteiger partial charge in [0.05, 0.1) is 0 Å². The largest absolute Gasteiger partial charge is 0.503 e. The summed E-state index contributed by atoms with van der Waals surface area (Å²) < 4.78 is 0. The molecule has 0 unspecified atom stereocenters. The van der Waals surface area contributed by atoms with Crippen LogP contribution in [0.5, 0.6) is 0 Å². The summed E-state index contributed by atoms with van der Waals surface area (Å²) in [4.78, 5) is 8.56. The van der Waals surface area contributed by atoms with Gasteiger partial charge in [0.1, 0.15) is 0 Å². The maximum Gasteiger partial charge on any atom is 0.503 e. The van der Waals surface area contributed by atoms with Crippen molar-refractivity contribution in [3.63, 3.8) is 0 Å². The van der Waals surface area contributed by atoms with Gasteiger partial charge in [-0.15, -0.1) is 12.4 Å². The Kier molecular flexibility index (Phi) is 16.5. The summed E-state index contributed by atoms with van der Waals surface area (Å²) in [5, 5.41) is 33.0. The third-order valence-corrected chi connectivity index (χ3v) is 1.09. The summed E-state index contributed by atoms with van der Waals surface area (Å²) in [6.45, 7) is 2.82. The molecule has 0 aliphatic carbocycles. The van der Waals surface area contributed by atoms with Crippen LogP contribution >= 0.6 is 12.4 Å². The van der Waals surface area contributed by atoms with Gasteiger partial charge in [-0.3, -0.25) is 16.1 Å². The average Bonchev–Trinajstić information content (AvgIpc) is 2.02. The van der Waals surface area contributed by atoms with Crippen molar-refractivity contribution in [3.05, 3.63) is 0 Å². The summed E-state index contributed by atoms with van der Waals surface area (Å²) >= 11 is 0. The van der Waals surface area contributed by atoms with Gasteiger partial charge in [-0.25, -0.2) is 4.79 Å². The Morgan fingerprint density at radius 2 is 1.81 bits per heavy atom. The van der Waals surface area contributed by atoms with E-state index < -0.39 is 6.16 Å². The van der Waals surface area contributed by atoms with Gasteiger partial charge in [-0.05, 0) is 6.42 Å². The lowest BCUT2D eigenvalue weighted by molar-refractivity contribution is 0.137. The molecule has 0 atom stereocenters. The van der Waals surface area contributed by atoms with Crippen LogP contribution in [0.1, 0.15) is 19.8 Å². The van der Waals surface area contributed by atoms with Gasteiger partial charge < -0.3 is 21.3 Å². The molecule has 0 saturated heterocycles. The second-order valence-corrected chi connectivity index (χ2v) is 2.48. The molecular formula is C7H18ClN5O3. The third kappa shape index (κ3) is 29.5. The van der Waals surface area contributed by atoms with E-state index in [9.17, 15) is 0 Å². The van der Waals surface area contributed by atoms with Gasteiger partial charge in [0, 0.05) is 6.54 Å². The van der Waals surface area contributed by atoms with E-state index in [0.717, 1.165) is 19.4 Å². The van der Waals surface area contributed by atoms with Crippen molar-refractivity contribution in [2.24, 2.45) is 5.73 Å². The molecule has 0 radical (unpaired) electrons. The number of hydrogen-bond acceptors (Lipinski definition) is 3. The quantitative estimate of drug-likeness (QED) is 0.220. The van der Waals surface area contributed by atoms with E-state index in [1.54, 1.807) is 0 Å². The molecule has 0 aliphatic rings. The van der Waals surface area contributed by atoms with E-state index in [1.165, 1.54) is 0 Å². The molecule has 0 heterocycles. The first-order chi connectivity index (χ1) is 6.90. The Labute approximate surface area is 99.6 Å². The van der Waals surface area contributed by atoms with Crippen molar-refractivity contribution < 1.29 is 15.0 Å². The van der Waals surface area contributed by atoms with Crippen LogP contribution in [0.3, 0.4) is 0 Å². The molecule has 8 N–H and O–H groups in total. The number of guanidine groups is 2. The molecule has 0 rings (SSSR count). The zero-order valence-corrected chi connectivity index (χ0v) is 9.73. The highest BCUT2D eigenvalue weighted by Gasteiger charge is 1.93. The zero-order chi connectivity index (χ0) is 12.3. The fourth-order valence-corrected chi connectivity index (χ4v) is 0.569. The summed E-state index contributed by atoms with van der Waals surface area (Å²) in [5.41, 5.74) is 4.99. The van der Waals surface area contributed by atoms with E-state index in [4.69, 9.17) is 31.6 Å². The van der Waals surface area contributed by atoms with E-state index in [1.807, 2.05) is 0 Å². The van der Waals surface area contributed by atoms with Crippen LogP contribution in [-0.2, 0) is 0 Å². The molecule has 0 saturated carbocycles. The molecule has 0 fully saturated rings. The van der Waals surface area contributed by atoms with E-state index in [0.29, 0.717) is 0 Å². The molecule has 0 aromatic rings. The average molecular weight is 256 g/mol. The standard InChI is InChI=1S/C6H15N5.CH2O3.ClH/c1-2-3-4-10-6(9)11-5(7)8;2-1(3)4;/h2-4H2,1H3,(H6,7,8,9,10,11);(H2,2,3,4);1H. The van der Waals surface area contributed by atoms with E-state index in [2.05, 4.69) is 17.6 Å². The number of carboxylic acid groups (broad SMARTS) is 2. The first-order valence-corrected chi connectivity index (χ1v) is 4.25. The third-order valence-electron chi connectivity index (χ3n) is 1.09. The van der Waals surface area contributed by atoms with Gasteiger partial charge >= 0.3 is 6.16 Å². The molecule has 9 heteroatoms. The normalized spacial score (nSPS) is 7.56. The lowest BCUT2D eigenvalue weighted by Gasteiger charge is -2.06. The molecular weight excluding hydrogens is 238 g/mol. The first-order valence-electron chi connectivity index (χ1n) is 4.25. The highest BCUT2D eigenvalue weighted by Crippen LogP contribution is 1.80. The molecule has 0 aliphatic heterocycles. The second-order valence-electron chi connectivity index (χ2n) is 2.48. The minimum atomic E-state index is -1.83. The van der Waals surface area contributed by atoms with Crippen molar-refractivity contribution in [2.45, 2.75) is 19.8 Å². The predicted molar refractivity (Wildman–Crippen MR) is 63.6 cm³/mol. The van der Waals surface area contributed by atoms with Crippen molar-refractivity contribution in [1.82, 2.24) is 10.6 Å². The molecule has 0 aromatic carbocycles. The van der Waals surface area contributed by atoms with Crippen molar-refractivity contribution in [2.75, 3.05) is 6.54 Å². The fourth-order valence-electron chi connectivity index (χ4n) is 0.569.